The molecule has 120 valence electrons. The standard InChI is InChI=1S/C18H19ClN2O2/c1-11-8-16(20-23-11)17-6-3-7-21(17)18(22)15-10-14(15)12-4-2-5-13(19)9-12/h2,4-5,8-9,14-15,17H,3,6-7,10H2,1H3/t14-,15+,17-/m0/s1. The lowest BCUT2D eigenvalue weighted by atomic mass is 10.1. The van der Waals surface area contributed by atoms with E-state index in [9.17, 15) is 4.79 Å². The third-order valence-electron chi connectivity index (χ3n) is 4.91. The Morgan fingerprint density at radius 2 is 2.26 bits per heavy atom. The van der Waals surface area contributed by atoms with Gasteiger partial charge in [-0.25, -0.2) is 0 Å². The monoisotopic (exact) mass is 330 g/mol. The van der Waals surface area contributed by atoms with Crippen molar-refractivity contribution in [2.75, 3.05) is 6.54 Å². The first-order valence-electron chi connectivity index (χ1n) is 8.12. The van der Waals surface area contributed by atoms with E-state index in [2.05, 4.69) is 11.2 Å². The van der Waals surface area contributed by atoms with Crippen molar-refractivity contribution in [2.45, 2.75) is 38.1 Å². The Balaban J connectivity index is 1.49. The highest BCUT2D eigenvalue weighted by atomic mass is 35.5. The van der Waals surface area contributed by atoms with Crippen molar-refractivity contribution in [3.05, 3.63) is 52.4 Å². The molecular formula is C18H19ClN2O2. The first-order valence-corrected chi connectivity index (χ1v) is 8.50. The number of likely N-dealkylation sites (tertiary alicyclic amines) is 1. The Morgan fingerprint density at radius 3 is 3.00 bits per heavy atom. The van der Waals surface area contributed by atoms with E-state index in [1.165, 1.54) is 5.56 Å². The van der Waals surface area contributed by atoms with Gasteiger partial charge in [-0.15, -0.1) is 0 Å². The van der Waals surface area contributed by atoms with Crippen molar-refractivity contribution in [1.82, 2.24) is 10.1 Å². The van der Waals surface area contributed by atoms with Crippen LogP contribution >= 0.6 is 11.6 Å². The van der Waals surface area contributed by atoms with Crippen LogP contribution in [0, 0.1) is 12.8 Å². The van der Waals surface area contributed by atoms with Gasteiger partial charge in [0.15, 0.2) is 0 Å². The Kier molecular flexibility index (Phi) is 3.64. The van der Waals surface area contributed by atoms with Crippen LogP contribution in [0.4, 0.5) is 0 Å². The number of hydrogen-bond donors (Lipinski definition) is 0. The first-order chi connectivity index (χ1) is 11.1. The lowest BCUT2D eigenvalue weighted by Crippen LogP contribution is -2.32. The molecule has 0 unspecified atom stereocenters. The van der Waals surface area contributed by atoms with E-state index in [1.807, 2.05) is 36.1 Å². The van der Waals surface area contributed by atoms with Crippen LogP contribution in [-0.4, -0.2) is 22.5 Å². The van der Waals surface area contributed by atoms with Crippen molar-refractivity contribution >= 4 is 17.5 Å². The molecule has 1 aliphatic heterocycles. The summed E-state index contributed by atoms with van der Waals surface area (Å²) >= 11 is 6.06. The smallest absolute Gasteiger partial charge is 0.226 e. The average Bonchev–Trinajstić information content (AvgIpc) is 2.97. The van der Waals surface area contributed by atoms with Gasteiger partial charge in [0.1, 0.15) is 11.5 Å². The first kappa shape index (κ1) is 14.8. The molecule has 1 saturated heterocycles. The highest BCUT2D eigenvalue weighted by molar-refractivity contribution is 6.30. The number of nitrogens with zero attached hydrogens (tertiary/aromatic N) is 2. The van der Waals surface area contributed by atoms with Gasteiger partial charge in [-0.2, -0.15) is 0 Å². The molecule has 1 aromatic heterocycles. The van der Waals surface area contributed by atoms with Crippen LogP contribution in [0.25, 0.3) is 0 Å². The molecule has 2 heterocycles. The van der Waals surface area contributed by atoms with Crippen LogP contribution in [0.15, 0.2) is 34.9 Å². The molecule has 1 aromatic carbocycles. The van der Waals surface area contributed by atoms with Gasteiger partial charge in [-0.3, -0.25) is 4.79 Å². The summed E-state index contributed by atoms with van der Waals surface area (Å²) in [6.45, 7) is 2.70. The second-order valence-electron chi connectivity index (χ2n) is 6.56. The second-order valence-corrected chi connectivity index (χ2v) is 6.99. The third kappa shape index (κ3) is 2.76. The zero-order valence-electron chi connectivity index (χ0n) is 13.0. The summed E-state index contributed by atoms with van der Waals surface area (Å²) in [5, 5.41) is 4.85. The molecule has 0 radical (unpaired) electrons. The summed E-state index contributed by atoms with van der Waals surface area (Å²) in [6, 6.07) is 9.87. The summed E-state index contributed by atoms with van der Waals surface area (Å²) < 4.78 is 5.18. The quantitative estimate of drug-likeness (QED) is 0.851. The van der Waals surface area contributed by atoms with Crippen LogP contribution in [0.3, 0.4) is 0 Å². The minimum absolute atomic E-state index is 0.0700. The SMILES string of the molecule is Cc1cc([C@@H]2CCCN2C(=O)[C@@H]2C[C@H]2c2cccc(Cl)c2)no1. The van der Waals surface area contributed by atoms with Crippen LogP contribution < -0.4 is 0 Å². The highest BCUT2D eigenvalue weighted by Gasteiger charge is 2.48. The molecule has 2 aromatic rings. The van der Waals surface area contributed by atoms with Crippen molar-refractivity contribution in [3.8, 4) is 0 Å². The zero-order chi connectivity index (χ0) is 16.0. The number of carbonyl (C=O) groups excluding carboxylic acids is 1. The number of aryl methyl sites for hydroxylation is 1. The number of benzene rings is 1. The van der Waals surface area contributed by atoms with E-state index >= 15 is 0 Å². The van der Waals surface area contributed by atoms with Gasteiger partial charge in [0, 0.05) is 23.6 Å². The minimum atomic E-state index is 0.0700. The molecule has 4 rings (SSSR count). The molecule has 4 nitrogen and oxygen atoms in total. The van der Waals surface area contributed by atoms with Crippen LogP contribution in [-0.2, 0) is 4.79 Å². The van der Waals surface area contributed by atoms with Gasteiger partial charge in [-0.05, 0) is 49.8 Å². The van der Waals surface area contributed by atoms with Crippen molar-refractivity contribution in [1.29, 1.82) is 0 Å². The topological polar surface area (TPSA) is 46.3 Å². The summed E-state index contributed by atoms with van der Waals surface area (Å²) in [5.74, 6) is 1.43. The maximum Gasteiger partial charge on any atom is 0.226 e. The van der Waals surface area contributed by atoms with Gasteiger partial charge >= 0.3 is 0 Å². The van der Waals surface area contributed by atoms with Crippen LogP contribution in [0.1, 0.15) is 48.2 Å². The molecule has 0 N–H and O–H groups in total. The number of aromatic nitrogens is 1. The molecular weight excluding hydrogens is 312 g/mol. The lowest BCUT2D eigenvalue weighted by Gasteiger charge is -2.23. The number of carbonyl (C=O) groups is 1. The van der Waals surface area contributed by atoms with Crippen LogP contribution in [0.2, 0.25) is 5.02 Å². The predicted molar refractivity (Wildman–Crippen MR) is 87.2 cm³/mol. The minimum Gasteiger partial charge on any atom is -0.361 e. The second kappa shape index (κ2) is 5.68. The molecule has 0 bridgehead atoms. The Labute approximate surface area is 140 Å². The van der Waals surface area contributed by atoms with Gasteiger partial charge in [-0.1, -0.05) is 28.9 Å². The molecule has 1 amide bonds. The van der Waals surface area contributed by atoms with Gasteiger partial charge in [0.05, 0.1) is 6.04 Å². The summed E-state index contributed by atoms with van der Waals surface area (Å²) in [4.78, 5) is 14.9. The Hall–Kier alpha value is -1.81. The number of rotatable bonds is 3. The van der Waals surface area contributed by atoms with E-state index < -0.39 is 0 Å². The number of hydrogen-bond acceptors (Lipinski definition) is 3. The molecule has 5 heteroatoms. The maximum absolute atomic E-state index is 12.9. The molecule has 1 aliphatic carbocycles. The van der Waals surface area contributed by atoms with Crippen molar-refractivity contribution in [3.63, 3.8) is 0 Å². The summed E-state index contributed by atoms with van der Waals surface area (Å²) in [7, 11) is 0. The normalized spacial score (nSPS) is 26.5. The van der Waals surface area contributed by atoms with Crippen molar-refractivity contribution in [2.24, 2.45) is 5.92 Å². The van der Waals surface area contributed by atoms with Gasteiger partial charge in [0.25, 0.3) is 0 Å². The fourth-order valence-corrected chi connectivity index (χ4v) is 3.87. The maximum atomic E-state index is 12.9. The number of amides is 1. The molecule has 2 fully saturated rings. The van der Waals surface area contributed by atoms with E-state index in [4.69, 9.17) is 16.1 Å². The van der Waals surface area contributed by atoms with E-state index in [0.29, 0.717) is 5.92 Å². The van der Waals surface area contributed by atoms with E-state index in [-0.39, 0.29) is 17.9 Å². The van der Waals surface area contributed by atoms with Crippen LogP contribution in [0.5, 0.6) is 0 Å². The molecule has 2 aliphatic rings. The predicted octanol–water partition coefficient (Wildman–Crippen LogP) is 4.10. The summed E-state index contributed by atoms with van der Waals surface area (Å²) in [5.41, 5.74) is 2.05. The highest BCUT2D eigenvalue weighted by Crippen LogP contribution is 2.50. The lowest BCUT2D eigenvalue weighted by molar-refractivity contribution is -0.133. The Morgan fingerprint density at radius 1 is 1.39 bits per heavy atom. The average molecular weight is 331 g/mol. The third-order valence-corrected chi connectivity index (χ3v) is 5.14. The molecule has 0 spiro atoms. The zero-order valence-corrected chi connectivity index (χ0v) is 13.8. The number of halogens is 1. The van der Waals surface area contributed by atoms with E-state index in [1.54, 1.807) is 0 Å². The Bertz CT molecular complexity index is 742. The van der Waals surface area contributed by atoms with Gasteiger partial charge in [0.2, 0.25) is 5.91 Å². The fourth-order valence-electron chi connectivity index (χ4n) is 3.67. The molecule has 1 saturated carbocycles. The fraction of sp³-hybridized carbons (Fsp3) is 0.444. The molecule has 23 heavy (non-hydrogen) atoms. The van der Waals surface area contributed by atoms with E-state index in [0.717, 1.165) is 42.3 Å². The summed E-state index contributed by atoms with van der Waals surface area (Å²) in [6.07, 6.45) is 2.91. The molecule has 3 atom stereocenters. The van der Waals surface area contributed by atoms with Gasteiger partial charge < -0.3 is 9.42 Å². The van der Waals surface area contributed by atoms with Crippen molar-refractivity contribution < 1.29 is 9.32 Å². The largest absolute Gasteiger partial charge is 0.361 e.